The van der Waals surface area contributed by atoms with Crippen LogP contribution in [0.4, 0.5) is 5.69 Å². The lowest BCUT2D eigenvalue weighted by atomic mass is 10.2. The molecule has 0 amide bonds. The van der Waals surface area contributed by atoms with E-state index in [-0.39, 0.29) is 0 Å². The van der Waals surface area contributed by atoms with Crippen LogP contribution < -0.4 is 5.32 Å². The summed E-state index contributed by atoms with van der Waals surface area (Å²) < 4.78 is 0. The summed E-state index contributed by atoms with van der Waals surface area (Å²) in [5.74, 6) is 0.869. The zero-order valence-electron chi connectivity index (χ0n) is 10.3. The van der Waals surface area contributed by atoms with Crippen LogP contribution in [0.5, 0.6) is 0 Å². The quantitative estimate of drug-likeness (QED) is 0.867. The summed E-state index contributed by atoms with van der Waals surface area (Å²) in [5.41, 5.74) is 1.19. The van der Waals surface area contributed by atoms with E-state index in [4.69, 9.17) is 0 Å². The fraction of sp³-hybridized carbons (Fsp3) is 0.385. The average Bonchev–Trinajstić information content (AvgIpc) is 3.11. The van der Waals surface area contributed by atoms with Gasteiger partial charge < -0.3 is 5.32 Å². The molecule has 18 heavy (non-hydrogen) atoms. The maximum atomic E-state index is 4.09. The molecule has 1 aliphatic rings. The molecule has 5 heteroatoms. The number of hydrogen-bond donors (Lipinski definition) is 2. The van der Waals surface area contributed by atoms with E-state index in [1.807, 2.05) is 0 Å². The van der Waals surface area contributed by atoms with Crippen molar-refractivity contribution in [3.63, 3.8) is 0 Å². The molecule has 1 atom stereocenters. The molecular formula is C13H16N4S. The Morgan fingerprint density at radius 1 is 1.33 bits per heavy atom. The summed E-state index contributed by atoms with van der Waals surface area (Å²) in [6.45, 7) is 2.26. The molecule has 1 unspecified atom stereocenters. The van der Waals surface area contributed by atoms with Crippen molar-refractivity contribution in [3.8, 4) is 0 Å². The van der Waals surface area contributed by atoms with Crippen LogP contribution in [-0.2, 0) is 0 Å². The monoisotopic (exact) mass is 260 g/mol. The smallest absolute Gasteiger partial charge is 0.188 e. The zero-order valence-corrected chi connectivity index (χ0v) is 11.1. The molecule has 1 fully saturated rings. The largest absolute Gasteiger partial charge is 0.382 e. The second kappa shape index (κ2) is 5.02. The van der Waals surface area contributed by atoms with E-state index in [2.05, 4.69) is 51.7 Å². The minimum atomic E-state index is 0.581. The van der Waals surface area contributed by atoms with Crippen molar-refractivity contribution in [2.24, 2.45) is 5.92 Å². The fourth-order valence-electron chi connectivity index (χ4n) is 1.95. The predicted octanol–water partition coefficient (Wildman–Crippen LogP) is 3.17. The van der Waals surface area contributed by atoms with Gasteiger partial charge in [0.25, 0.3) is 0 Å². The third-order valence-corrected chi connectivity index (χ3v) is 4.08. The van der Waals surface area contributed by atoms with Crippen LogP contribution in [0.2, 0.25) is 0 Å². The average molecular weight is 260 g/mol. The molecule has 2 N–H and O–H groups in total. The molecule has 1 aliphatic carbocycles. The van der Waals surface area contributed by atoms with Crippen LogP contribution in [0.15, 0.2) is 40.6 Å². The van der Waals surface area contributed by atoms with E-state index in [1.54, 1.807) is 11.8 Å². The second-order valence-electron chi connectivity index (χ2n) is 4.69. The number of rotatable bonds is 5. The van der Waals surface area contributed by atoms with Crippen LogP contribution >= 0.6 is 11.8 Å². The van der Waals surface area contributed by atoms with Gasteiger partial charge in [-0.1, -0.05) is 11.8 Å². The second-order valence-corrected chi connectivity index (χ2v) is 5.75. The molecule has 0 aliphatic heterocycles. The van der Waals surface area contributed by atoms with Gasteiger partial charge in [-0.25, -0.2) is 4.98 Å². The van der Waals surface area contributed by atoms with E-state index in [0.717, 1.165) is 16.0 Å². The lowest BCUT2D eigenvalue weighted by molar-refractivity contribution is 0.694. The Balaban J connectivity index is 1.61. The zero-order chi connectivity index (χ0) is 12.4. The Hall–Kier alpha value is -1.49. The van der Waals surface area contributed by atoms with E-state index >= 15 is 0 Å². The third-order valence-electron chi connectivity index (χ3n) is 3.19. The van der Waals surface area contributed by atoms with E-state index in [0.29, 0.717) is 6.04 Å². The van der Waals surface area contributed by atoms with Gasteiger partial charge in [-0.15, -0.1) is 0 Å². The van der Waals surface area contributed by atoms with Crippen LogP contribution in [0.25, 0.3) is 0 Å². The summed E-state index contributed by atoms with van der Waals surface area (Å²) >= 11 is 1.58. The Morgan fingerprint density at radius 3 is 2.72 bits per heavy atom. The van der Waals surface area contributed by atoms with E-state index < -0.39 is 0 Å². The number of nitrogens with one attached hydrogen (secondary N) is 2. The molecule has 2 aromatic rings. The SMILES string of the molecule is CC(Nc1ccc(Sc2ncn[nH]2)cc1)C1CC1. The van der Waals surface area contributed by atoms with Crippen molar-refractivity contribution >= 4 is 17.4 Å². The Labute approximate surface area is 111 Å². The van der Waals surface area contributed by atoms with Gasteiger partial charge in [0.15, 0.2) is 5.16 Å². The van der Waals surface area contributed by atoms with Gasteiger partial charge >= 0.3 is 0 Å². The number of benzene rings is 1. The summed E-state index contributed by atoms with van der Waals surface area (Å²) in [5, 5.41) is 11.0. The number of hydrogen-bond acceptors (Lipinski definition) is 4. The van der Waals surface area contributed by atoms with Crippen LogP contribution in [0.3, 0.4) is 0 Å². The maximum Gasteiger partial charge on any atom is 0.188 e. The summed E-state index contributed by atoms with van der Waals surface area (Å²) in [6, 6.07) is 9.04. The highest BCUT2D eigenvalue weighted by molar-refractivity contribution is 7.99. The Morgan fingerprint density at radius 2 is 2.11 bits per heavy atom. The van der Waals surface area contributed by atoms with E-state index in [9.17, 15) is 0 Å². The van der Waals surface area contributed by atoms with Crippen molar-refractivity contribution in [2.45, 2.75) is 35.9 Å². The molecule has 0 saturated heterocycles. The van der Waals surface area contributed by atoms with Gasteiger partial charge in [-0.2, -0.15) is 5.10 Å². The minimum Gasteiger partial charge on any atom is -0.382 e. The van der Waals surface area contributed by atoms with Crippen molar-refractivity contribution in [1.82, 2.24) is 15.2 Å². The van der Waals surface area contributed by atoms with E-state index in [1.165, 1.54) is 24.9 Å². The third kappa shape index (κ3) is 2.85. The highest BCUT2D eigenvalue weighted by atomic mass is 32.2. The minimum absolute atomic E-state index is 0.581. The topological polar surface area (TPSA) is 53.6 Å². The van der Waals surface area contributed by atoms with Gasteiger partial charge in [-0.3, -0.25) is 5.10 Å². The number of aromatic nitrogens is 3. The first-order valence-electron chi connectivity index (χ1n) is 6.21. The Bertz CT molecular complexity index is 490. The van der Waals surface area contributed by atoms with Crippen molar-refractivity contribution in [1.29, 1.82) is 0 Å². The van der Waals surface area contributed by atoms with Crippen molar-refractivity contribution in [3.05, 3.63) is 30.6 Å². The Kier molecular flexibility index (Phi) is 3.23. The lowest BCUT2D eigenvalue weighted by Crippen LogP contribution is -2.16. The molecule has 94 valence electrons. The summed E-state index contributed by atoms with van der Waals surface area (Å²) in [6.07, 6.45) is 4.26. The lowest BCUT2D eigenvalue weighted by Gasteiger charge is -2.14. The van der Waals surface area contributed by atoms with Crippen LogP contribution in [0, 0.1) is 5.92 Å². The van der Waals surface area contributed by atoms with Crippen molar-refractivity contribution < 1.29 is 0 Å². The number of anilines is 1. The molecule has 0 spiro atoms. The molecule has 0 bridgehead atoms. The highest BCUT2D eigenvalue weighted by Gasteiger charge is 2.27. The maximum absolute atomic E-state index is 4.09. The first-order valence-corrected chi connectivity index (χ1v) is 7.03. The van der Waals surface area contributed by atoms with Crippen LogP contribution in [-0.4, -0.2) is 21.2 Å². The first-order chi connectivity index (χ1) is 8.81. The van der Waals surface area contributed by atoms with Crippen LogP contribution in [0.1, 0.15) is 19.8 Å². The normalized spacial score (nSPS) is 16.5. The molecule has 1 aromatic heterocycles. The summed E-state index contributed by atoms with van der Waals surface area (Å²) in [4.78, 5) is 5.26. The number of aromatic amines is 1. The molecule has 3 rings (SSSR count). The van der Waals surface area contributed by atoms with Gasteiger partial charge in [-0.05, 0) is 49.9 Å². The molecular weight excluding hydrogens is 244 g/mol. The number of nitrogens with zero attached hydrogens (tertiary/aromatic N) is 2. The van der Waals surface area contributed by atoms with Gasteiger partial charge in [0.2, 0.25) is 0 Å². The standard InChI is InChI=1S/C13H16N4S/c1-9(10-2-3-10)16-11-4-6-12(7-5-11)18-13-14-8-15-17-13/h4-10,16H,2-3H2,1H3,(H,14,15,17). The molecule has 1 aromatic carbocycles. The fourth-order valence-corrected chi connectivity index (χ4v) is 2.64. The molecule has 0 radical (unpaired) electrons. The van der Waals surface area contributed by atoms with Gasteiger partial charge in [0, 0.05) is 16.6 Å². The van der Waals surface area contributed by atoms with Gasteiger partial charge in [0.1, 0.15) is 6.33 Å². The van der Waals surface area contributed by atoms with Gasteiger partial charge in [0.05, 0.1) is 0 Å². The van der Waals surface area contributed by atoms with Crippen molar-refractivity contribution in [2.75, 3.05) is 5.32 Å². The summed E-state index contributed by atoms with van der Waals surface area (Å²) in [7, 11) is 0. The molecule has 1 saturated carbocycles. The predicted molar refractivity (Wildman–Crippen MR) is 72.8 cm³/mol. The molecule has 1 heterocycles. The first kappa shape index (κ1) is 11.6. The number of H-pyrrole nitrogens is 1. The highest BCUT2D eigenvalue weighted by Crippen LogP contribution is 2.34. The molecule has 4 nitrogen and oxygen atoms in total.